The summed E-state index contributed by atoms with van der Waals surface area (Å²) in [4.78, 5) is 21.5. The van der Waals surface area contributed by atoms with E-state index < -0.39 is 0 Å². The smallest absolute Gasteiger partial charge is 0.308 e. The lowest BCUT2D eigenvalue weighted by atomic mass is 10.2. The molecular weight excluding hydrogens is 232 g/mol. The summed E-state index contributed by atoms with van der Waals surface area (Å²) in [5.74, 6) is -0.0808. The fraction of sp³-hybridized carbons (Fsp3) is 0.273. The number of rotatable bonds is 5. The van der Waals surface area contributed by atoms with Crippen LogP contribution in [-0.4, -0.2) is 26.0 Å². The van der Waals surface area contributed by atoms with Gasteiger partial charge in [-0.3, -0.25) is 9.59 Å². The van der Waals surface area contributed by atoms with Crippen molar-refractivity contribution in [2.24, 2.45) is 0 Å². The maximum atomic E-state index is 10.8. The Morgan fingerprint density at radius 3 is 2.88 bits per heavy atom. The van der Waals surface area contributed by atoms with E-state index in [4.69, 9.17) is 16.3 Å². The minimum atomic E-state index is -0.375. The van der Waals surface area contributed by atoms with Crippen molar-refractivity contribution in [3.63, 3.8) is 0 Å². The molecule has 0 aliphatic heterocycles. The van der Waals surface area contributed by atoms with Gasteiger partial charge in [-0.2, -0.15) is 0 Å². The number of carbonyl (C=O) groups is 2. The molecule has 0 heterocycles. The highest BCUT2D eigenvalue weighted by Crippen LogP contribution is 2.27. The fourth-order valence-electron chi connectivity index (χ4n) is 1.11. The SMILES string of the molecule is COC(=O)CCOc1c(Cl)cccc1C=O. The van der Waals surface area contributed by atoms with Gasteiger partial charge < -0.3 is 9.47 Å². The van der Waals surface area contributed by atoms with E-state index in [2.05, 4.69) is 4.74 Å². The van der Waals surface area contributed by atoms with Crippen LogP contribution in [0.25, 0.3) is 0 Å². The summed E-state index contributed by atoms with van der Waals surface area (Å²) in [7, 11) is 1.30. The second kappa shape index (κ2) is 6.12. The van der Waals surface area contributed by atoms with Crippen molar-refractivity contribution >= 4 is 23.9 Å². The van der Waals surface area contributed by atoms with Gasteiger partial charge in [0.1, 0.15) is 5.75 Å². The Morgan fingerprint density at radius 1 is 1.50 bits per heavy atom. The first kappa shape index (κ1) is 12.5. The van der Waals surface area contributed by atoms with Crippen molar-refractivity contribution in [2.45, 2.75) is 6.42 Å². The molecule has 0 aromatic heterocycles. The van der Waals surface area contributed by atoms with E-state index in [1.807, 2.05) is 0 Å². The number of para-hydroxylation sites is 1. The normalized spacial score (nSPS) is 9.62. The van der Waals surface area contributed by atoms with E-state index in [-0.39, 0.29) is 19.0 Å². The summed E-state index contributed by atoms with van der Waals surface area (Å²) >= 11 is 5.86. The molecule has 0 amide bonds. The second-order valence-corrected chi connectivity index (χ2v) is 3.36. The summed E-state index contributed by atoms with van der Waals surface area (Å²) in [5, 5.41) is 0.342. The van der Waals surface area contributed by atoms with Crippen LogP contribution in [0.5, 0.6) is 5.75 Å². The van der Waals surface area contributed by atoms with Gasteiger partial charge >= 0.3 is 5.97 Å². The monoisotopic (exact) mass is 242 g/mol. The Labute approximate surface area is 98.1 Å². The number of ether oxygens (including phenoxy) is 2. The molecule has 0 saturated carbocycles. The van der Waals surface area contributed by atoms with E-state index in [0.717, 1.165) is 0 Å². The number of hydrogen-bond acceptors (Lipinski definition) is 4. The predicted octanol–water partition coefficient (Wildman–Crippen LogP) is 2.09. The van der Waals surface area contributed by atoms with Crippen LogP contribution in [0.3, 0.4) is 0 Å². The predicted molar refractivity (Wildman–Crippen MR) is 59.0 cm³/mol. The zero-order chi connectivity index (χ0) is 12.0. The molecule has 1 rings (SSSR count). The summed E-state index contributed by atoms with van der Waals surface area (Å²) in [6.45, 7) is 0.122. The molecule has 0 bridgehead atoms. The van der Waals surface area contributed by atoms with Gasteiger partial charge in [0.2, 0.25) is 0 Å². The third kappa shape index (κ3) is 3.24. The lowest BCUT2D eigenvalue weighted by Gasteiger charge is -2.09. The van der Waals surface area contributed by atoms with Crippen molar-refractivity contribution in [1.82, 2.24) is 0 Å². The van der Waals surface area contributed by atoms with E-state index in [1.54, 1.807) is 18.2 Å². The van der Waals surface area contributed by atoms with Gasteiger partial charge in [-0.05, 0) is 12.1 Å². The van der Waals surface area contributed by atoms with Crippen LogP contribution in [0.1, 0.15) is 16.8 Å². The molecule has 4 nitrogen and oxygen atoms in total. The van der Waals surface area contributed by atoms with Crippen LogP contribution < -0.4 is 4.74 Å². The number of esters is 1. The molecule has 86 valence electrons. The quantitative estimate of drug-likeness (QED) is 0.586. The fourth-order valence-corrected chi connectivity index (χ4v) is 1.35. The van der Waals surface area contributed by atoms with Crippen LogP contribution in [0.2, 0.25) is 5.02 Å². The Balaban J connectivity index is 2.65. The van der Waals surface area contributed by atoms with E-state index in [1.165, 1.54) is 7.11 Å². The first-order chi connectivity index (χ1) is 7.69. The molecule has 1 aromatic carbocycles. The van der Waals surface area contributed by atoms with E-state index in [0.29, 0.717) is 22.6 Å². The van der Waals surface area contributed by atoms with Crippen LogP contribution in [-0.2, 0) is 9.53 Å². The van der Waals surface area contributed by atoms with Gasteiger partial charge in [0.05, 0.1) is 30.7 Å². The average molecular weight is 243 g/mol. The molecular formula is C11H11ClO4. The third-order valence-electron chi connectivity index (χ3n) is 1.90. The van der Waals surface area contributed by atoms with Crippen molar-refractivity contribution in [3.05, 3.63) is 28.8 Å². The Morgan fingerprint density at radius 2 is 2.25 bits per heavy atom. The molecule has 0 spiro atoms. The number of hydrogen-bond donors (Lipinski definition) is 0. The number of methoxy groups -OCH3 is 1. The average Bonchev–Trinajstić information content (AvgIpc) is 2.30. The number of halogens is 1. The summed E-state index contributed by atoms with van der Waals surface area (Å²) in [5.41, 5.74) is 0.359. The van der Waals surface area contributed by atoms with Crippen molar-refractivity contribution in [1.29, 1.82) is 0 Å². The zero-order valence-corrected chi connectivity index (χ0v) is 9.49. The molecule has 1 aromatic rings. The van der Waals surface area contributed by atoms with Gasteiger partial charge in [-0.15, -0.1) is 0 Å². The van der Waals surface area contributed by atoms with Gasteiger partial charge in [-0.1, -0.05) is 17.7 Å². The molecule has 0 aliphatic carbocycles. The molecule has 0 atom stereocenters. The minimum absolute atomic E-state index is 0.111. The molecule has 0 saturated heterocycles. The third-order valence-corrected chi connectivity index (χ3v) is 2.20. The van der Waals surface area contributed by atoms with Crippen molar-refractivity contribution in [2.75, 3.05) is 13.7 Å². The van der Waals surface area contributed by atoms with Crippen molar-refractivity contribution < 1.29 is 19.1 Å². The number of benzene rings is 1. The van der Waals surface area contributed by atoms with Crippen LogP contribution >= 0.6 is 11.6 Å². The van der Waals surface area contributed by atoms with Gasteiger partial charge in [-0.25, -0.2) is 0 Å². The molecule has 0 N–H and O–H groups in total. The summed E-state index contributed by atoms with van der Waals surface area (Å²) in [6.07, 6.45) is 0.763. The maximum Gasteiger partial charge on any atom is 0.308 e. The highest BCUT2D eigenvalue weighted by molar-refractivity contribution is 6.32. The van der Waals surface area contributed by atoms with Gasteiger partial charge in [0, 0.05) is 0 Å². The number of aldehydes is 1. The molecule has 0 unspecified atom stereocenters. The summed E-state index contributed by atoms with van der Waals surface area (Å²) in [6, 6.07) is 4.85. The lowest BCUT2D eigenvalue weighted by Crippen LogP contribution is -2.08. The van der Waals surface area contributed by atoms with Crippen LogP contribution in [0.15, 0.2) is 18.2 Å². The summed E-state index contributed by atoms with van der Waals surface area (Å²) < 4.78 is 9.72. The highest BCUT2D eigenvalue weighted by Gasteiger charge is 2.08. The molecule has 16 heavy (non-hydrogen) atoms. The first-order valence-corrected chi connectivity index (χ1v) is 5.00. The Kier molecular flexibility index (Phi) is 4.79. The van der Waals surface area contributed by atoms with Gasteiger partial charge in [0.15, 0.2) is 6.29 Å². The van der Waals surface area contributed by atoms with E-state index in [9.17, 15) is 9.59 Å². The van der Waals surface area contributed by atoms with Crippen LogP contribution in [0.4, 0.5) is 0 Å². The van der Waals surface area contributed by atoms with E-state index >= 15 is 0 Å². The molecule has 5 heteroatoms. The largest absolute Gasteiger partial charge is 0.491 e. The van der Waals surface area contributed by atoms with Crippen LogP contribution in [0, 0.1) is 0 Å². The standard InChI is InChI=1S/C11H11ClO4/c1-15-10(14)5-6-16-11-8(7-13)3-2-4-9(11)12/h2-4,7H,5-6H2,1H3. The second-order valence-electron chi connectivity index (χ2n) is 2.95. The topological polar surface area (TPSA) is 52.6 Å². The zero-order valence-electron chi connectivity index (χ0n) is 8.73. The molecule has 0 radical (unpaired) electrons. The minimum Gasteiger partial charge on any atom is -0.491 e. The molecule has 0 fully saturated rings. The van der Waals surface area contributed by atoms with Gasteiger partial charge in [0.25, 0.3) is 0 Å². The highest BCUT2D eigenvalue weighted by atomic mass is 35.5. The lowest BCUT2D eigenvalue weighted by molar-refractivity contribution is -0.141. The number of carbonyl (C=O) groups excluding carboxylic acids is 2. The maximum absolute atomic E-state index is 10.8. The van der Waals surface area contributed by atoms with Crippen molar-refractivity contribution in [3.8, 4) is 5.75 Å². The Bertz CT molecular complexity index is 390. The first-order valence-electron chi connectivity index (χ1n) is 4.62. The Hall–Kier alpha value is -1.55. The molecule has 0 aliphatic rings.